The number of hydrogen-bond donors (Lipinski definition) is 2. The molecule has 0 radical (unpaired) electrons. The lowest BCUT2D eigenvalue weighted by atomic mass is 10.2. The van der Waals surface area contributed by atoms with Crippen molar-refractivity contribution in [2.75, 3.05) is 31.1 Å². The van der Waals surface area contributed by atoms with Gasteiger partial charge >= 0.3 is 5.69 Å². The highest BCUT2D eigenvalue weighted by atomic mass is 19.1. The van der Waals surface area contributed by atoms with Crippen LogP contribution < -0.4 is 21.5 Å². The number of H-pyrrole nitrogens is 1. The molecule has 1 aromatic heterocycles. The minimum atomic E-state index is -0.656. The molecule has 1 aliphatic rings. The van der Waals surface area contributed by atoms with Crippen LogP contribution in [-0.2, 0) is 0 Å². The van der Waals surface area contributed by atoms with E-state index in [1.807, 2.05) is 0 Å². The molecule has 0 atom stereocenters. The lowest BCUT2D eigenvalue weighted by Gasteiger charge is -2.29. The van der Waals surface area contributed by atoms with Gasteiger partial charge in [-0.15, -0.1) is 0 Å². The van der Waals surface area contributed by atoms with E-state index >= 15 is 0 Å². The first kappa shape index (κ1) is 13.6. The lowest BCUT2D eigenvalue weighted by molar-refractivity contribution is 0.583. The van der Waals surface area contributed by atoms with Crippen molar-refractivity contribution < 1.29 is 4.39 Å². The van der Waals surface area contributed by atoms with E-state index in [1.165, 1.54) is 18.3 Å². The quantitative estimate of drug-likeness (QED) is 0.821. The van der Waals surface area contributed by atoms with Crippen molar-refractivity contribution in [2.45, 2.75) is 0 Å². The average molecular weight is 290 g/mol. The summed E-state index contributed by atoms with van der Waals surface area (Å²) in [6.45, 7) is 3.36. The summed E-state index contributed by atoms with van der Waals surface area (Å²) in [4.78, 5) is 26.9. The Kier molecular flexibility index (Phi) is 3.57. The zero-order valence-corrected chi connectivity index (χ0v) is 11.3. The molecule has 0 bridgehead atoms. The summed E-state index contributed by atoms with van der Waals surface area (Å²) in [7, 11) is 0. The monoisotopic (exact) mass is 290 g/mol. The van der Waals surface area contributed by atoms with Crippen LogP contribution in [0.5, 0.6) is 0 Å². The van der Waals surface area contributed by atoms with Gasteiger partial charge in [-0.05, 0) is 18.2 Å². The standard InChI is InChI=1S/C14H15FN4O2/c15-11-9-10(18-7-4-16-5-8-18)1-2-12(11)19-6-3-13(20)17-14(19)21/h1-3,6,9,16H,4-5,7-8H2,(H,17,20,21). The predicted molar refractivity (Wildman–Crippen MR) is 77.7 cm³/mol. The van der Waals surface area contributed by atoms with Gasteiger partial charge in [0.25, 0.3) is 5.56 Å². The molecule has 1 fully saturated rings. The van der Waals surface area contributed by atoms with E-state index in [-0.39, 0.29) is 5.69 Å². The second-order valence-corrected chi connectivity index (χ2v) is 4.85. The van der Waals surface area contributed by atoms with Crippen molar-refractivity contribution >= 4 is 5.69 Å². The first-order chi connectivity index (χ1) is 10.1. The first-order valence-corrected chi connectivity index (χ1v) is 6.73. The van der Waals surface area contributed by atoms with Crippen molar-refractivity contribution in [3.8, 4) is 5.69 Å². The Morgan fingerprint density at radius 2 is 1.86 bits per heavy atom. The van der Waals surface area contributed by atoms with Crippen LogP contribution in [0, 0.1) is 5.82 Å². The molecule has 0 saturated carbocycles. The van der Waals surface area contributed by atoms with Gasteiger partial charge in [-0.3, -0.25) is 14.3 Å². The molecule has 0 aliphatic carbocycles. The number of piperazine rings is 1. The molecule has 0 spiro atoms. The van der Waals surface area contributed by atoms with E-state index in [0.717, 1.165) is 36.4 Å². The highest BCUT2D eigenvalue weighted by Gasteiger charge is 2.13. The number of hydrogen-bond acceptors (Lipinski definition) is 4. The molecular formula is C14H15FN4O2. The normalized spacial score (nSPS) is 15.2. The van der Waals surface area contributed by atoms with E-state index in [4.69, 9.17) is 0 Å². The summed E-state index contributed by atoms with van der Waals surface area (Å²) in [5.74, 6) is -0.500. The fourth-order valence-electron chi connectivity index (χ4n) is 2.42. The zero-order valence-electron chi connectivity index (χ0n) is 11.3. The van der Waals surface area contributed by atoms with Crippen LogP contribution in [0.3, 0.4) is 0 Å². The lowest BCUT2D eigenvalue weighted by Crippen LogP contribution is -2.43. The molecule has 2 heterocycles. The third-order valence-corrected chi connectivity index (χ3v) is 3.50. The molecular weight excluding hydrogens is 275 g/mol. The van der Waals surface area contributed by atoms with E-state index < -0.39 is 17.1 Å². The number of benzene rings is 1. The molecule has 2 aromatic rings. The molecule has 21 heavy (non-hydrogen) atoms. The molecule has 1 aromatic carbocycles. The zero-order chi connectivity index (χ0) is 14.8. The van der Waals surface area contributed by atoms with Gasteiger partial charge in [-0.1, -0.05) is 0 Å². The molecule has 0 amide bonds. The van der Waals surface area contributed by atoms with Crippen LogP contribution in [0.4, 0.5) is 10.1 Å². The second-order valence-electron chi connectivity index (χ2n) is 4.85. The number of aromatic nitrogens is 2. The molecule has 110 valence electrons. The van der Waals surface area contributed by atoms with Gasteiger partial charge in [0, 0.05) is 44.1 Å². The topological polar surface area (TPSA) is 70.1 Å². The van der Waals surface area contributed by atoms with Gasteiger partial charge in [-0.25, -0.2) is 9.18 Å². The highest BCUT2D eigenvalue weighted by molar-refractivity contribution is 5.52. The van der Waals surface area contributed by atoms with Crippen molar-refractivity contribution in [3.05, 3.63) is 57.1 Å². The maximum atomic E-state index is 14.3. The summed E-state index contributed by atoms with van der Waals surface area (Å²) in [5, 5.41) is 3.23. The van der Waals surface area contributed by atoms with E-state index in [2.05, 4.69) is 15.2 Å². The van der Waals surface area contributed by atoms with Crippen LogP contribution in [0.25, 0.3) is 5.69 Å². The van der Waals surface area contributed by atoms with Crippen LogP contribution in [0.1, 0.15) is 0 Å². The third-order valence-electron chi connectivity index (χ3n) is 3.50. The minimum Gasteiger partial charge on any atom is -0.369 e. The second kappa shape index (κ2) is 5.53. The Balaban J connectivity index is 1.97. The molecule has 2 N–H and O–H groups in total. The molecule has 1 saturated heterocycles. The van der Waals surface area contributed by atoms with Gasteiger partial charge in [0.05, 0.1) is 5.69 Å². The van der Waals surface area contributed by atoms with Crippen LogP contribution >= 0.6 is 0 Å². The van der Waals surface area contributed by atoms with Gasteiger partial charge in [0.2, 0.25) is 0 Å². The Bertz CT molecular complexity index is 762. The Labute approximate surface area is 119 Å². The highest BCUT2D eigenvalue weighted by Crippen LogP contribution is 2.20. The van der Waals surface area contributed by atoms with E-state index in [0.29, 0.717) is 0 Å². The van der Waals surface area contributed by atoms with Gasteiger partial charge in [0.1, 0.15) is 5.82 Å². The van der Waals surface area contributed by atoms with Gasteiger partial charge in [0.15, 0.2) is 0 Å². The summed E-state index contributed by atoms with van der Waals surface area (Å²) >= 11 is 0. The Morgan fingerprint density at radius 3 is 2.52 bits per heavy atom. The minimum absolute atomic E-state index is 0.120. The number of nitrogens with one attached hydrogen (secondary N) is 2. The maximum Gasteiger partial charge on any atom is 0.333 e. The third kappa shape index (κ3) is 2.73. The Hall–Kier alpha value is -2.41. The summed E-state index contributed by atoms with van der Waals surface area (Å²) < 4.78 is 15.4. The fraction of sp³-hybridized carbons (Fsp3) is 0.286. The number of rotatable bonds is 2. The van der Waals surface area contributed by atoms with Crippen molar-refractivity contribution in [2.24, 2.45) is 0 Å². The van der Waals surface area contributed by atoms with Crippen molar-refractivity contribution in [1.29, 1.82) is 0 Å². The first-order valence-electron chi connectivity index (χ1n) is 6.73. The molecule has 1 aliphatic heterocycles. The fourth-order valence-corrected chi connectivity index (χ4v) is 2.42. The Morgan fingerprint density at radius 1 is 1.10 bits per heavy atom. The smallest absolute Gasteiger partial charge is 0.333 e. The average Bonchev–Trinajstić information content (AvgIpc) is 2.49. The van der Waals surface area contributed by atoms with E-state index in [9.17, 15) is 14.0 Å². The molecule has 6 nitrogen and oxygen atoms in total. The number of halogens is 1. The van der Waals surface area contributed by atoms with Crippen LogP contribution in [0.15, 0.2) is 40.1 Å². The number of aromatic amines is 1. The van der Waals surface area contributed by atoms with Crippen molar-refractivity contribution in [3.63, 3.8) is 0 Å². The maximum absolute atomic E-state index is 14.3. The van der Waals surface area contributed by atoms with Crippen LogP contribution in [0.2, 0.25) is 0 Å². The summed E-state index contributed by atoms with van der Waals surface area (Å²) in [6, 6.07) is 5.93. The predicted octanol–water partition coefficient (Wildman–Crippen LogP) is 0.0745. The molecule has 0 unspecified atom stereocenters. The molecule has 7 heteroatoms. The SMILES string of the molecule is O=c1ccn(-c2ccc(N3CCNCC3)cc2F)c(=O)[nH]1. The van der Waals surface area contributed by atoms with Crippen LogP contribution in [-0.4, -0.2) is 35.7 Å². The van der Waals surface area contributed by atoms with Gasteiger partial charge in [-0.2, -0.15) is 0 Å². The largest absolute Gasteiger partial charge is 0.369 e. The summed E-state index contributed by atoms with van der Waals surface area (Å²) in [6.07, 6.45) is 1.27. The number of anilines is 1. The van der Waals surface area contributed by atoms with Gasteiger partial charge < -0.3 is 10.2 Å². The molecule has 3 rings (SSSR count). The summed E-state index contributed by atoms with van der Waals surface area (Å²) in [5.41, 5.74) is -0.254. The van der Waals surface area contributed by atoms with E-state index in [1.54, 1.807) is 12.1 Å². The van der Waals surface area contributed by atoms with Crippen molar-refractivity contribution in [1.82, 2.24) is 14.9 Å². The number of nitrogens with zero attached hydrogens (tertiary/aromatic N) is 2.